The van der Waals surface area contributed by atoms with E-state index in [0.29, 0.717) is 24.0 Å². The molecular formula is C19H22O4S. The Balaban J connectivity index is 2.22. The SMILES string of the molecule is CC(=O)CCc1ccc(OS(=O)(=O)c2c(C)cc(C)cc2C)cc1. The van der Waals surface area contributed by atoms with Gasteiger partial charge in [-0.25, -0.2) is 0 Å². The van der Waals surface area contributed by atoms with Gasteiger partial charge in [0.05, 0.1) is 0 Å². The summed E-state index contributed by atoms with van der Waals surface area (Å²) in [6, 6.07) is 10.4. The summed E-state index contributed by atoms with van der Waals surface area (Å²) < 4.78 is 30.5. The maximum Gasteiger partial charge on any atom is 0.339 e. The normalized spacial score (nSPS) is 11.3. The zero-order valence-electron chi connectivity index (χ0n) is 14.4. The number of carbonyl (C=O) groups excluding carboxylic acids is 1. The topological polar surface area (TPSA) is 60.4 Å². The van der Waals surface area contributed by atoms with Crippen LogP contribution in [0.15, 0.2) is 41.3 Å². The lowest BCUT2D eigenvalue weighted by molar-refractivity contribution is -0.116. The van der Waals surface area contributed by atoms with Crippen molar-refractivity contribution in [2.24, 2.45) is 0 Å². The third kappa shape index (κ3) is 4.45. The van der Waals surface area contributed by atoms with E-state index in [1.807, 2.05) is 19.1 Å². The van der Waals surface area contributed by atoms with Crippen LogP contribution in [0.3, 0.4) is 0 Å². The van der Waals surface area contributed by atoms with Crippen LogP contribution < -0.4 is 4.18 Å². The molecule has 0 spiro atoms. The summed E-state index contributed by atoms with van der Waals surface area (Å²) in [6.07, 6.45) is 1.11. The Labute approximate surface area is 143 Å². The minimum Gasteiger partial charge on any atom is -0.379 e. The molecule has 0 aliphatic rings. The standard InChI is InChI=1S/C19H22O4S/c1-13-11-14(2)19(15(3)12-13)24(21,22)23-18-9-7-17(8-10-18)6-5-16(4)20/h7-12H,5-6H2,1-4H3. The van der Waals surface area contributed by atoms with Gasteiger partial charge in [0.25, 0.3) is 0 Å². The largest absolute Gasteiger partial charge is 0.379 e. The van der Waals surface area contributed by atoms with Gasteiger partial charge in [-0.3, -0.25) is 0 Å². The van der Waals surface area contributed by atoms with Gasteiger partial charge in [-0.05, 0) is 62.9 Å². The van der Waals surface area contributed by atoms with Gasteiger partial charge >= 0.3 is 10.1 Å². The molecule has 0 heterocycles. The van der Waals surface area contributed by atoms with Crippen molar-refractivity contribution in [3.63, 3.8) is 0 Å². The summed E-state index contributed by atoms with van der Waals surface area (Å²) in [5, 5.41) is 0. The van der Waals surface area contributed by atoms with E-state index < -0.39 is 10.1 Å². The molecule has 2 rings (SSSR count). The van der Waals surface area contributed by atoms with E-state index >= 15 is 0 Å². The molecule has 0 amide bonds. The number of benzene rings is 2. The fourth-order valence-corrected chi connectivity index (χ4v) is 4.12. The number of hydrogen-bond acceptors (Lipinski definition) is 4. The van der Waals surface area contributed by atoms with E-state index in [1.54, 1.807) is 45.0 Å². The van der Waals surface area contributed by atoms with Crippen LogP contribution in [0.2, 0.25) is 0 Å². The monoisotopic (exact) mass is 346 g/mol. The first-order valence-electron chi connectivity index (χ1n) is 7.80. The summed E-state index contributed by atoms with van der Waals surface area (Å²) in [5.41, 5.74) is 3.33. The van der Waals surface area contributed by atoms with Crippen molar-refractivity contribution in [2.45, 2.75) is 45.4 Å². The van der Waals surface area contributed by atoms with E-state index in [0.717, 1.165) is 11.1 Å². The molecule has 0 radical (unpaired) electrons. The van der Waals surface area contributed by atoms with Crippen LogP contribution in [0.4, 0.5) is 0 Å². The van der Waals surface area contributed by atoms with Crippen LogP contribution in [0, 0.1) is 20.8 Å². The van der Waals surface area contributed by atoms with Gasteiger partial charge in [0.15, 0.2) is 0 Å². The summed E-state index contributed by atoms with van der Waals surface area (Å²) >= 11 is 0. The van der Waals surface area contributed by atoms with Crippen molar-refractivity contribution in [3.05, 3.63) is 58.7 Å². The summed E-state index contributed by atoms with van der Waals surface area (Å²) in [5.74, 6) is 0.393. The molecule has 0 aromatic heterocycles. The highest BCUT2D eigenvalue weighted by atomic mass is 32.2. The predicted molar refractivity (Wildman–Crippen MR) is 93.9 cm³/mol. The van der Waals surface area contributed by atoms with Gasteiger partial charge in [0, 0.05) is 6.42 Å². The third-order valence-corrected chi connectivity index (χ3v) is 5.31. The number of Topliss-reactive ketones (excluding diaryl/α,β-unsaturated/α-hetero) is 1. The van der Waals surface area contributed by atoms with Crippen molar-refractivity contribution in [3.8, 4) is 5.75 Å². The number of rotatable bonds is 6. The fourth-order valence-electron chi connectivity index (χ4n) is 2.76. The maximum absolute atomic E-state index is 12.6. The highest BCUT2D eigenvalue weighted by Crippen LogP contribution is 2.25. The maximum atomic E-state index is 12.6. The molecule has 0 N–H and O–H groups in total. The lowest BCUT2D eigenvalue weighted by atomic mass is 10.1. The van der Waals surface area contributed by atoms with Crippen molar-refractivity contribution in [1.82, 2.24) is 0 Å². The average molecular weight is 346 g/mol. The van der Waals surface area contributed by atoms with Gasteiger partial charge in [0.1, 0.15) is 16.4 Å². The summed E-state index contributed by atoms with van der Waals surface area (Å²) in [6.45, 7) is 7.01. The second-order valence-electron chi connectivity index (χ2n) is 6.11. The Bertz CT molecular complexity index is 826. The highest BCUT2D eigenvalue weighted by Gasteiger charge is 2.22. The van der Waals surface area contributed by atoms with Gasteiger partial charge in [-0.15, -0.1) is 0 Å². The second-order valence-corrected chi connectivity index (χ2v) is 7.59. The number of hydrogen-bond donors (Lipinski definition) is 0. The quantitative estimate of drug-likeness (QED) is 0.744. The molecule has 0 saturated heterocycles. The van der Waals surface area contributed by atoms with E-state index in [1.165, 1.54) is 0 Å². The van der Waals surface area contributed by atoms with Crippen LogP contribution in [0.1, 0.15) is 35.6 Å². The van der Waals surface area contributed by atoms with Gasteiger partial charge < -0.3 is 8.98 Å². The first-order chi connectivity index (χ1) is 11.2. The average Bonchev–Trinajstić information content (AvgIpc) is 2.44. The molecule has 24 heavy (non-hydrogen) atoms. The van der Waals surface area contributed by atoms with E-state index in [-0.39, 0.29) is 16.4 Å². The molecule has 0 unspecified atom stereocenters. The molecule has 4 nitrogen and oxygen atoms in total. The Morgan fingerprint density at radius 3 is 2.04 bits per heavy atom. The number of aryl methyl sites for hydroxylation is 4. The minimum atomic E-state index is -3.88. The molecule has 0 aliphatic carbocycles. The van der Waals surface area contributed by atoms with Gasteiger partial charge in [-0.2, -0.15) is 8.42 Å². The third-order valence-electron chi connectivity index (χ3n) is 3.75. The molecule has 0 saturated carbocycles. The number of carbonyl (C=O) groups is 1. The van der Waals surface area contributed by atoms with Crippen LogP contribution in [0.25, 0.3) is 0 Å². The van der Waals surface area contributed by atoms with Crippen molar-refractivity contribution < 1.29 is 17.4 Å². The van der Waals surface area contributed by atoms with Crippen LogP contribution in [-0.2, 0) is 21.3 Å². The van der Waals surface area contributed by atoms with Crippen LogP contribution in [-0.4, -0.2) is 14.2 Å². The van der Waals surface area contributed by atoms with Gasteiger partial charge in [-0.1, -0.05) is 29.8 Å². The zero-order chi connectivity index (χ0) is 17.9. The van der Waals surface area contributed by atoms with Crippen LogP contribution in [0.5, 0.6) is 5.75 Å². The number of ketones is 1. The smallest absolute Gasteiger partial charge is 0.339 e. The Morgan fingerprint density at radius 1 is 1.00 bits per heavy atom. The van der Waals surface area contributed by atoms with Crippen molar-refractivity contribution in [2.75, 3.05) is 0 Å². The molecule has 0 atom stereocenters. The molecule has 2 aromatic carbocycles. The van der Waals surface area contributed by atoms with E-state index in [4.69, 9.17) is 4.18 Å². The van der Waals surface area contributed by atoms with Crippen LogP contribution >= 0.6 is 0 Å². The highest BCUT2D eigenvalue weighted by molar-refractivity contribution is 7.87. The fraction of sp³-hybridized carbons (Fsp3) is 0.316. The summed E-state index contributed by atoms with van der Waals surface area (Å²) in [7, 11) is -3.88. The summed E-state index contributed by atoms with van der Waals surface area (Å²) in [4.78, 5) is 11.2. The molecule has 0 fully saturated rings. The first-order valence-corrected chi connectivity index (χ1v) is 9.20. The van der Waals surface area contributed by atoms with Crippen molar-refractivity contribution >= 4 is 15.9 Å². The molecule has 0 aliphatic heterocycles. The Morgan fingerprint density at radius 2 is 1.54 bits per heavy atom. The second kappa shape index (κ2) is 7.18. The Kier molecular flexibility index (Phi) is 5.44. The van der Waals surface area contributed by atoms with E-state index in [2.05, 4.69) is 0 Å². The van der Waals surface area contributed by atoms with Gasteiger partial charge in [0.2, 0.25) is 0 Å². The molecular weight excluding hydrogens is 324 g/mol. The first kappa shape index (κ1) is 18.2. The van der Waals surface area contributed by atoms with E-state index in [9.17, 15) is 13.2 Å². The predicted octanol–water partition coefficient (Wildman–Crippen LogP) is 3.90. The Hall–Kier alpha value is -2.14. The zero-order valence-corrected chi connectivity index (χ0v) is 15.2. The molecule has 0 bridgehead atoms. The minimum absolute atomic E-state index is 0.128. The lowest BCUT2D eigenvalue weighted by Gasteiger charge is -2.13. The lowest BCUT2D eigenvalue weighted by Crippen LogP contribution is -2.13. The molecule has 128 valence electrons. The van der Waals surface area contributed by atoms with Crippen molar-refractivity contribution in [1.29, 1.82) is 0 Å². The molecule has 5 heteroatoms. The molecule has 2 aromatic rings.